The molecule has 0 spiro atoms. The van der Waals surface area contributed by atoms with Gasteiger partial charge in [-0.05, 0) is 48.7 Å². The van der Waals surface area contributed by atoms with E-state index in [2.05, 4.69) is 30.1 Å². The molecule has 0 radical (unpaired) electrons. The number of hydrogen-bond donors (Lipinski definition) is 0. The van der Waals surface area contributed by atoms with Crippen molar-refractivity contribution in [1.29, 1.82) is 0 Å². The first-order chi connectivity index (χ1) is 11.3. The van der Waals surface area contributed by atoms with E-state index >= 15 is 0 Å². The van der Waals surface area contributed by atoms with Crippen molar-refractivity contribution < 1.29 is 14.2 Å². The molecule has 0 N–H and O–H groups in total. The van der Waals surface area contributed by atoms with Crippen LogP contribution in [-0.2, 0) is 12.8 Å². The largest absolute Gasteiger partial charge is 0.496 e. The van der Waals surface area contributed by atoms with Crippen LogP contribution in [0, 0.1) is 0 Å². The van der Waals surface area contributed by atoms with Crippen LogP contribution >= 0.6 is 0 Å². The zero-order chi connectivity index (χ0) is 15.6. The van der Waals surface area contributed by atoms with Crippen molar-refractivity contribution >= 4 is 0 Å². The number of benzene rings is 2. The zero-order valence-electron chi connectivity index (χ0n) is 13.4. The van der Waals surface area contributed by atoms with Crippen molar-refractivity contribution in [2.75, 3.05) is 27.5 Å². The van der Waals surface area contributed by atoms with Crippen LogP contribution in [0.3, 0.4) is 0 Å². The van der Waals surface area contributed by atoms with E-state index in [1.807, 2.05) is 6.07 Å². The van der Waals surface area contributed by atoms with Crippen molar-refractivity contribution in [3.05, 3.63) is 41.0 Å². The molecule has 0 saturated heterocycles. The van der Waals surface area contributed by atoms with Crippen molar-refractivity contribution in [3.63, 3.8) is 0 Å². The molecule has 0 saturated carbocycles. The van der Waals surface area contributed by atoms with Gasteiger partial charge in [-0.15, -0.1) is 0 Å². The van der Waals surface area contributed by atoms with E-state index in [0.29, 0.717) is 12.8 Å². The first-order valence-electron chi connectivity index (χ1n) is 8.10. The molecule has 0 fully saturated rings. The second kappa shape index (κ2) is 4.65. The van der Waals surface area contributed by atoms with Gasteiger partial charge in [-0.2, -0.15) is 0 Å². The molecule has 3 aliphatic rings. The molecule has 4 heteroatoms. The molecule has 2 heterocycles. The number of fused-ring (bicyclic) bond motifs is 4. The summed E-state index contributed by atoms with van der Waals surface area (Å²) in [5, 5.41) is 0. The third-order valence-electron chi connectivity index (χ3n) is 5.41. The Balaban J connectivity index is 1.87. The molecule has 5 rings (SSSR count). The lowest BCUT2D eigenvalue weighted by Gasteiger charge is -2.40. The van der Waals surface area contributed by atoms with Crippen LogP contribution < -0.4 is 14.2 Å². The van der Waals surface area contributed by atoms with E-state index in [9.17, 15) is 0 Å². The third-order valence-corrected chi connectivity index (χ3v) is 5.41. The molecule has 0 unspecified atom stereocenters. The minimum atomic E-state index is 0.311. The van der Waals surface area contributed by atoms with Gasteiger partial charge in [0.2, 0.25) is 6.79 Å². The minimum absolute atomic E-state index is 0.311. The molecular weight excluding hydrogens is 290 g/mol. The Kier molecular flexibility index (Phi) is 2.68. The monoisotopic (exact) mass is 309 g/mol. The van der Waals surface area contributed by atoms with E-state index in [4.69, 9.17) is 14.2 Å². The summed E-state index contributed by atoms with van der Waals surface area (Å²) in [4.78, 5) is 2.45. The predicted molar refractivity (Wildman–Crippen MR) is 87.3 cm³/mol. The Hall–Kier alpha value is -2.20. The second-order valence-corrected chi connectivity index (χ2v) is 6.50. The summed E-state index contributed by atoms with van der Waals surface area (Å²) in [5.41, 5.74) is 6.54. The highest BCUT2D eigenvalue weighted by atomic mass is 16.7. The van der Waals surface area contributed by atoms with Crippen molar-refractivity contribution in [3.8, 4) is 28.4 Å². The Labute approximate surface area is 135 Å². The van der Waals surface area contributed by atoms with Gasteiger partial charge < -0.3 is 14.2 Å². The topological polar surface area (TPSA) is 30.9 Å². The molecule has 4 nitrogen and oxygen atoms in total. The van der Waals surface area contributed by atoms with Gasteiger partial charge in [0.25, 0.3) is 0 Å². The number of hydrogen-bond acceptors (Lipinski definition) is 4. The maximum atomic E-state index is 5.85. The lowest BCUT2D eigenvalue weighted by atomic mass is 9.76. The number of ether oxygens (including phenoxy) is 3. The van der Waals surface area contributed by atoms with Crippen molar-refractivity contribution in [2.24, 2.45) is 0 Å². The predicted octanol–water partition coefficient (Wildman–Crippen LogP) is 3.18. The van der Waals surface area contributed by atoms with Crippen LogP contribution in [-0.4, -0.2) is 32.4 Å². The fourth-order valence-corrected chi connectivity index (χ4v) is 4.29. The first-order valence-corrected chi connectivity index (χ1v) is 8.10. The molecule has 1 atom stereocenters. The van der Waals surface area contributed by atoms with Gasteiger partial charge in [-0.1, -0.05) is 12.1 Å². The van der Waals surface area contributed by atoms with Crippen LogP contribution in [0.25, 0.3) is 11.1 Å². The SMILES string of the molecule is COc1cccc2c1C[C@H]1c3c(cc4c(c3-2)OCO4)CCN1C. The molecule has 23 heavy (non-hydrogen) atoms. The van der Waals surface area contributed by atoms with E-state index in [-0.39, 0.29) is 0 Å². The maximum absolute atomic E-state index is 5.85. The fraction of sp³-hybridized carbons (Fsp3) is 0.368. The molecule has 0 aromatic heterocycles. The summed E-state index contributed by atoms with van der Waals surface area (Å²) < 4.78 is 17.2. The zero-order valence-corrected chi connectivity index (χ0v) is 13.4. The van der Waals surface area contributed by atoms with E-state index in [1.165, 1.54) is 27.8 Å². The lowest BCUT2D eigenvalue weighted by Crippen LogP contribution is -2.35. The highest BCUT2D eigenvalue weighted by molar-refractivity contribution is 5.85. The molecule has 0 amide bonds. The number of rotatable bonds is 1. The summed E-state index contributed by atoms with van der Waals surface area (Å²) in [5.74, 6) is 2.75. The van der Waals surface area contributed by atoms with Crippen LogP contribution in [0.1, 0.15) is 22.7 Å². The van der Waals surface area contributed by atoms with Gasteiger partial charge in [0.15, 0.2) is 11.5 Å². The second-order valence-electron chi connectivity index (χ2n) is 6.50. The average molecular weight is 309 g/mol. The highest BCUT2D eigenvalue weighted by Gasteiger charge is 2.38. The number of methoxy groups -OCH3 is 1. The molecular formula is C19H19NO3. The Morgan fingerprint density at radius 2 is 2.17 bits per heavy atom. The molecule has 2 aliphatic heterocycles. The summed E-state index contributed by atoms with van der Waals surface area (Å²) in [6, 6.07) is 8.86. The smallest absolute Gasteiger partial charge is 0.231 e. The van der Waals surface area contributed by atoms with Crippen LogP contribution in [0.5, 0.6) is 17.2 Å². The number of nitrogens with zero attached hydrogens (tertiary/aromatic N) is 1. The Morgan fingerprint density at radius 1 is 1.26 bits per heavy atom. The highest BCUT2D eigenvalue weighted by Crippen LogP contribution is 2.54. The van der Waals surface area contributed by atoms with E-state index in [1.54, 1.807) is 7.11 Å². The molecule has 0 bridgehead atoms. The summed E-state index contributed by atoms with van der Waals surface area (Å²) in [6.45, 7) is 1.38. The molecule has 1 aliphatic carbocycles. The summed E-state index contributed by atoms with van der Waals surface area (Å²) in [7, 11) is 3.96. The standard InChI is InChI=1S/C19H19NO3/c1-20-7-6-11-8-16-19(23-10-22-16)18-12-4-3-5-15(21-2)13(12)9-14(20)17(11)18/h3-5,8,14H,6-7,9-10H2,1-2H3/t14-/m0/s1. The first kappa shape index (κ1) is 13.3. The Morgan fingerprint density at radius 3 is 3.04 bits per heavy atom. The fourth-order valence-electron chi connectivity index (χ4n) is 4.29. The van der Waals surface area contributed by atoms with Crippen molar-refractivity contribution in [2.45, 2.75) is 18.9 Å². The average Bonchev–Trinajstić information content (AvgIpc) is 3.05. The molecule has 2 aromatic rings. The van der Waals surface area contributed by atoms with Gasteiger partial charge in [0.1, 0.15) is 5.75 Å². The van der Waals surface area contributed by atoms with Crippen LogP contribution in [0.15, 0.2) is 24.3 Å². The van der Waals surface area contributed by atoms with Crippen molar-refractivity contribution in [1.82, 2.24) is 4.90 Å². The molecule has 118 valence electrons. The third kappa shape index (κ3) is 1.70. The normalized spacial score (nSPS) is 20.9. The summed E-state index contributed by atoms with van der Waals surface area (Å²) >= 11 is 0. The van der Waals surface area contributed by atoms with Gasteiger partial charge in [-0.3, -0.25) is 4.90 Å². The minimum Gasteiger partial charge on any atom is -0.496 e. The van der Waals surface area contributed by atoms with Crippen LogP contribution in [0.2, 0.25) is 0 Å². The Bertz CT molecular complexity index is 815. The van der Waals surface area contributed by atoms with Gasteiger partial charge in [0.05, 0.1) is 7.11 Å². The van der Waals surface area contributed by atoms with Gasteiger partial charge >= 0.3 is 0 Å². The quantitative estimate of drug-likeness (QED) is 0.809. The summed E-state index contributed by atoms with van der Waals surface area (Å²) in [6.07, 6.45) is 2.04. The maximum Gasteiger partial charge on any atom is 0.231 e. The number of likely N-dealkylation sites (N-methyl/N-ethyl adjacent to an activating group) is 1. The van der Waals surface area contributed by atoms with E-state index < -0.39 is 0 Å². The van der Waals surface area contributed by atoms with Crippen LogP contribution in [0.4, 0.5) is 0 Å². The lowest BCUT2D eigenvalue weighted by molar-refractivity contribution is 0.174. The van der Waals surface area contributed by atoms with Gasteiger partial charge in [-0.25, -0.2) is 0 Å². The van der Waals surface area contributed by atoms with Gasteiger partial charge in [0, 0.05) is 23.7 Å². The molecule has 2 aromatic carbocycles. The van der Waals surface area contributed by atoms with E-state index in [0.717, 1.165) is 36.6 Å².